The number of aromatic hydroxyl groups is 1. The van der Waals surface area contributed by atoms with Gasteiger partial charge in [-0.05, 0) is 42.5 Å². The van der Waals surface area contributed by atoms with Gasteiger partial charge in [0.05, 0.1) is 12.1 Å². The van der Waals surface area contributed by atoms with Gasteiger partial charge in [-0.1, -0.05) is 29.8 Å². The van der Waals surface area contributed by atoms with Crippen molar-refractivity contribution in [1.29, 1.82) is 0 Å². The fraction of sp³-hybridized carbons (Fsp3) is 0.143. The summed E-state index contributed by atoms with van der Waals surface area (Å²) < 4.78 is 25.3. The van der Waals surface area contributed by atoms with Crippen LogP contribution in [0.5, 0.6) is 17.2 Å². The van der Waals surface area contributed by atoms with E-state index in [1.807, 2.05) is 12.1 Å². The maximum atomic E-state index is 14.0. The highest BCUT2D eigenvalue weighted by Gasteiger charge is 2.14. The molecule has 6 heteroatoms. The van der Waals surface area contributed by atoms with Crippen molar-refractivity contribution >= 4 is 17.3 Å². The summed E-state index contributed by atoms with van der Waals surface area (Å²) in [6.07, 6.45) is 0. The predicted octanol–water partition coefficient (Wildman–Crippen LogP) is 5.38. The predicted molar refractivity (Wildman–Crippen MR) is 104 cm³/mol. The molecule has 0 saturated heterocycles. The van der Waals surface area contributed by atoms with Gasteiger partial charge in [0.25, 0.3) is 0 Å². The van der Waals surface area contributed by atoms with E-state index < -0.39 is 5.82 Å². The molecular weight excluding hydrogens is 369 g/mol. The summed E-state index contributed by atoms with van der Waals surface area (Å²) in [6, 6.07) is 16.8. The number of phenols is 1. The molecule has 3 aromatic carbocycles. The molecule has 27 heavy (non-hydrogen) atoms. The first-order valence-corrected chi connectivity index (χ1v) is 8.70. The molecule has 0 heterocycles. The molecule has 2 N–H and O–H groups in total. The Morgan fingerprint density at radius 2 is 1.78 bits per heavy atom. The molecule has 0 radical (unpaired) electrons. The van der Waals surface area contributed by atoms with Crippen LogP contribution in [0.4, 0.5) is 10.1 Å². The van der Waals surface area contributed by atoms with E-state index in [2.05, 4.69) is 5.32 Å². The van der Waals surface area contributed by atoms with Crippen molar-refractivity contribution in [2.24, 2.45) is 0 Å². The normalized spacial score (nSPS) is 10.5. The van der Waals surface area contributed by atoms with E-state index in [4.69, 9.17) is 21.1 Å². The third-order valence-electron chi connectivity index (χ3n) is 4.05. The maximum absolute atomic E-state index is 14.0. The van der Waals surface area contributed by atoms with Gasteiger partial charge in [0.15, 0.2) is 11.5 Å². The number of halogens is 2. The van der Waals surface area contributed by atoms with Crippen molar-refractivity contribution in [2.45, 2.75) is 13.2 Å². The molecule has 3 aromatic rings. The van der Waals surface area contributed by atoms with Crippen LogP contribution >= 0.6 is 11.6 Å². The standard InChI is InChI=1S/C21H19ClFNO3/c1-26-20-7-2-4-14(12-24-15-8-10-16(25)11-9-15)21(20)27-13-17-18(22)5-3-6-19(17)23/h2-11,24-25H,12-13H2,1H3. The van der Waals surface area contributed by atoms with E-state index in [9.17, 15) is 9.50 Å². The fourth-order valence-corrected chi connectivity index (χ4v) is 2.83. The van der Waals surface area contributed by atoms with E-state index in [-0.39, 0.29) is 12.4 Å². The average molecular weight is 388 g/mol. The van der Waals surface area contributed by atoms with E-state index in [1.165, 1.54) is 6.07 Å². The van der Waals surface area contributed by atoms with Crippen molar-refractivity contribution < 1.29 is 19.0 Å². The van der Waals surface area contributed by atoms with Crippen molar-refractivity contribution in [3.05, 3.63) is 82.6 Å². The minimum Gasteiger partial charge on any atom is -0.508 e. The summed E-state index contributed by atoms with van der Waals surface area (Å²) in [5.41, 5.74) is 1.98. The van der Waals surface area contributed by atoms with Crippen LogP contribution in [0.2, 0.25) is 5.02 Å². The quantitative estimate of drug-likeness (QED) is 0.534. The van der Waals surface area contributed by atoms with Crippen molar-refractivity contribution in [3.63, 3.8) is 0 Å². The number of phenolic OH excluding ortho intramolecular Hbond substituents is 1. The van der Waals surface area contributed by atoms with Gasteiger partial charge in [0.1, 0.15) is 18.2 Å². The third-order valence-corrected chi connectivity index (χ3v) is 4.41. The van der Waals surface area contributed by atoms with Crippen LogP contribution in [0, 0.1) is 5.82 Å². The van der Waals surface area contributed by atoms with Crippen molar-refractivity contribution in [2.75, 3.05) is 12.4 Å². The zero-order valence-electron chi connectivity index (χ0n) is 14.7. The molecule has 0 unspecified atom stereocenters. The second-order valence-corrected chi connectivity index (χ2v) is 6.25. The molecule has 0 aromatic heterocycles. The number of para-hydroxylation sites is 1. The number of methoxy groups -OCH3 is 1. The molecule has 0 aliphatic heterocycles. The number of nitrogens with one attached hydrogen (secondary N) is 1. The lowest BCUT2D eigenvalue weighted by Crippen LogP contribution is -2.06. The molecule has 3 rings (SSSR count). The Hall–Kier alpha value is -2.92. The average Bonchev–Trinajstić information content (AvgIpc) is 2.67. The van der Waals surface area contributed by atoms with E-state index >= 15 is 0 Å². The molecule has 0 atom stereocenters. The molecule has 0 amide bonds. The van der Waals surface area contributed by atoms with Crippen LogP contribution in [0.1, 0.15) is 11.1 Å². The van der Waals surface area contributed by atoms with Crippen LogP contribution in [0.3, 0.4) is 0 Å². The summed E-state index contributed by atoms with van der Waals surface area (Å²) in [5.74, 6) is 0.854. The monoisotopic (exact) mass is 387 g/mol. The van der Waals surface area contributed by atoms with Crippen LogP contribution in [0.25, 0.3) is 0 Å². The minimum absolute atomic E-state index is 0.0158. The Morgan fingerprint density at radius 1 is 1.04 bits per heavy atom. The smallest absolute Gasteiger partial charge is 0.166 e. The van der Waals surface area contributed by atoms with Crippen LogP contribution in [0.15, 0.2) is 60.7 Å². The zero-order chi connectivity index (χ0) is 19.2. The molecule has 0 saturated carbocycles. The van der Waals surface area contributed by atoms with E-state index in [0.29, 0.717) is 28.6 Å². The first-order chi connectivity index (χ1) is 13.1. The van der Waals surface area contributed by atoms with E-state index in [0.717, 1.165) is 11.3 Å². The Morgan fingerprint density at radius 3 is 2.48 bits per heavy atom. The number of rotatable bonds is 7. The van der Waals surface area contributed by atoms with Gasteiger partial charge in [-0.3, -0.25) is 0 Å². The third kappa shape index (κ3) is 4.63. The molecule has 0 aliphatic rings. The second kappa shape index (κ2) is 8.64. The van der Waals surface area contributed by atoms with Crippen LogP contribution in [-0.4, -0.2) is 12.2 Å². The van der Waals surface area contributed by atoms with Crippen molar-refractivity contribution in [1.82, 2.24) is 0 Å². The summed E-state index contributed by atoms with van der Waals surface area (Å²) in [6.45, 7) is 0.445. The minimum atomic E-state index is -0.416. The van der Waals surface area contributed by atoms with Gasteiger partial charge in [-0.2, -0.15) is 0 Å². The van der Waals surface area contributed by atoms with Crippen molar-refractivity contribution in [3.8, 4) is 17.2 Å². The van der Waals surface area contributed by atoms with E-state index in [1.54, 1.807) is 49.6 Å². The summed E-state index contributed by atoms with van der Waals surface area (Å²) in [5, 5.41) is 12.9. The van der Waals surface area contributed by atoms with Gasteiger partial charge in [-0.15, -0.1) is 0 Å². The molecule has 0 fully saturated rings. The van der Waals surface area contributed by atoms with Gasteiger partial charge in [0, 0.05) is 23.4 Å². The van der Waals surface area contributed by atoms with Gasteiger partial charge < -0.3 is 19.9 Å². The fourth-order valence-electron chi connectivity index (χ4n) is 2.62. The lowest BCUT2D eigenvalue weighted by atomic mass is 10.1. The first-order valence-electron chi connectivity index (χ1n) is 8.33. The number of hydrogen-bond acceptors (Lipinski definition) is 4. The molecular formula is C21H19ClFNO3. The summed E-state index contributed by atoms with van der Waals surface area (Å²) in [4.78, 5) is 0. The summed E-state index contributed by atoms with van der Waals surface area (Å²) >= 11 is 6.08. The van der Waals surface area contributed by atoms with Gasteiger partial charge in [-0.25, -0.2) is 4.39 Å². The summed E-state index contributed by atoms with van der Waals surface area (Å²) in [7, 11) is 1.55. The highest BCUT2D eigenvalue weighted by Crippen LogP contribution is 2.33. The SMILES string of the molecule is COc1cccc(CNc2ccc(O)cc2)c1OCc1c(F)cccc1Cl. The highest BCUT2D eigenvalue weighted by molar-refractivity contribution is 6.31. The molecule has 140 valence electrons. The highest BCUT2D eigenvalue weighted by atomic mass is 35.5. The topological polar surface area (TPSA) is 50.7 Å². The zero-order valence-corrected chi connectivity index (χ0v) is 15.5. The largest absolute Gasteiger partial charge is 0.508 e. The Bertz CT molecular complexity index is 896. The van der Waals surface area contributed by atoms with Crippen LogP contribution < -0.4 is 14.8 Å². The lowest BCUT2D eigenvalue weighted by molar-refractivity contribution is 0.277. The van der Waals surface area contributed by atoms with Crippen LogP contribution in [-0.2, 0) is 13.2 Å². The maximum Gasteiger partial charge on any atom is 0.166 e. The van der Waals surface area contributed by atoms with Gasteiger partial charge >= 0.3 is 0 Å². The Labute approximate surface area is 162 Å². The number of hydrogen-bond donors (Lipinski definition) is 2. The molecule has 4 nitrogen and oxygen atoms in total. The first kappa shape index (κ1) is 18.9. The Balaban J connectivity index is 1.79. The van der Waals surface area contributed by atoms with Gasteiger partial charge in [0.2, 0.25) is 0 Å². The molecule has 0 aliphatic carbocycles. The molecule has 0 spiro atoms. The lowest BCUT2D eigenvalue weighted by Gasteiger charge is -2.17. The Kier molecular flexibility index (Phi) is 6.04. The molecule has 0 bridgehead atoms. The number of benzene rings is 3. The number of anilines is 1. The number of ether oxygens (including phenoxy) is 2. The second-order valence-electron chi connectivity index (χ2n) is 5.84.